The Morgan fingerprint density at radius 2 is 2.03 bits per heavy atom. The minimum Gasteiger partial charge on any atom is -0.380 e. The number of hydrogen-bond acceptors (Lipinski definition) is 7. The number of anilines is 1. The monoisotopic (exact) mass is 437 g/mol. The van der Waals surface area contributed by atoms with Crippen LogP contribution < -0.4 is 5.32 Å². The van der Waals surface area contributed by atoms with E-state index in [9.17, 15) is 4.79 Å². The standard InChI is InChI=1S/C23H27N5O2S/c1-15-26-27-22(31-15)17-3-4-18-11-24-20(10-19(18)9-17)25-21(29)16-5-7-28(8-6-16)12-23(2)13-30-14-23/h3-4,9-11,16H,5-8,12-14H2,1-2H3,(H,24,25,29). The quantitative estimate of drug-likeness (QED) is 0.655. The van der Waals surface area contributed by atoms with Crippen LogP contribution in [0.1, 0.15) is 24.8 Å². The van der Waals surface area contributed by atoms with E-state index in [1.165, 1.54) is 0 Å². The average Bonchev–Trinajstić information content (AvgIpc) is 3.19. The number of benzene rings is 1. The van der Waals surface area contributed by atoms with Crippen LogP contribution in [0.4, 0.5) is 5.82 Å². The van der Waals surface area contributed by atoms with Crippen molar-refractivity contribution < 1.29 is 9.53 Å². The van der Waals surface area contributed by atoms with Gasteiger partial charge in [-0.05, 0) is 50.4 Å². The summed E-state index contributed by atoms with van der Waals surface area (Å²) >= 11 is 1.57. The molecule has 0 radical (unpaired) electrons. The highest BCUT2D eigenvalue weighted by molar-refractivity contribution is 7.14. The van der Waals surface area contributed by atoms with E-state index in [-0.39, 0.29) is 17.2 Å². The minimum atomic E-state index is 0.0369. The van der Waals surface area contributed by atoms with Gasteiger partial charge in [0.25, 0.3) is 0 Å². The Balaban J connectivity index is 1.23. The molecule has 0 spiro atoms. The Bertz CT molecular complexity index is 1100. The van der Waals surface area contributed by atoms with Gasteiger partial charge in [-0.1, -0.05) is 30.4 Å². The number of likely N-dealkylation sites (tertiary alicyclic amines) is 1. The molecular formula is C23H27N5O2S. The van der Waals surface area contributed by atoms with E-state index in [4.69, 9.17) is 4.74 Å². The highest BCUT2D eigenvalue weighted by Crippen LogP contribution is 2.30. The predicted molar refractivity (Wildman–Crippen MR) is 122 cm³/mol. The zero-order chi connectivity index (χ0) is 21.4. The first-order chi connectivity index (χ1) is 15.0. The van der Waals surface area contributed by atoms with Gasteiger partial charge in [0.05, 0.1) is 13.2 Å². The summed E-state index contributed by atoms with van der Waals surface area (Å²) in [6, 6.07) is 8.09. The first-order valence-corrected chi connectivity index (χ1v) is 11.6. The van der Waals surface area contributed by atoms with Crippen molar-refractivity contribution in [3.05, 3.63) is 35.5 Å². The molecule has 2 aliphatic rings. The van der Waals surface area contributed by atoms with Crippen LogP contribution in [0, 0.1) is 18.3 Å². The number of carbonyl (C=O) groups is 1. The predicted octanol–water partition coefficient (Wildman–Crippen LogP) is 3.75. The molecule has 0 saturated carbocycles. The molecule has 1 aromatic carbocycles. The SMILES string of the molecule is Cc1nnc(-c2ccc3cnc(NC(=O)C4CCN(CC5(C)COC5)CC4)cc3c2)s1. The Morgan fingerprint density at radius 1 is 1.23 bits per heavy atom. The number of ether oxygens (including phenoxy) is 1. The molecule has 31 heavy (non-hydrogen) atoms. The lowest BCUT2D eigenvalue weighted by Crippen LogP contribution is -2.51. The number of aryl methyl sites for hydroxylation is 1. The van der Waals surface area contributed by atoms with Gasteiger partial charge in [-0.15, -0.1) is 10.2 Å². The second-order valence-corrected chi connectivity index (χ2v) is 10.3. The number of rotatable bonds is 5. The molecule has 0 aliphatic carbocycles. The van der Waals surface area contributed by atoms with E-state index in [1.54, 1.807) is 11.3 Å². The van der Waals surface area contributed by atoms with Gasteiger partial charge < -0.3 is 15.0 Å². The Labute approximate surface area is 185 Å². The summed E-state index contributed by atoms with van der Waals surface area (Å²) < 4.78 is 5.37. The number of aromatic nitrogens is 3. The summed E-state index contributed by atoms with van der Waals surface area (Å²) in [7, 11) is 0. The number of piperidine rings is 1. The average molecular weight is 438 g/mol. The number of pyridine rings is 1. The van der Waals surface area contributed by atoms with E-state index in [0.29, 0.717) is 5.82 Å². The van der Waals surface area contributed by atoms with Crippen LogP contribution in [0.15, 0.2) is 30.5 Å². The van der Waals surface area contributed by atoms with Crippen molar-refractivity contribution >= 4 is 33.8 Å². The number of carbonyl (C=O) groups excluding carboxylic acids is 1. The van der Waals surface area contributed by atoms with Crippen LogP contribution >= 0.6 is 11.3 Å². The highest BCUT2D eigenvalue weighted by atomic mass is 32.1. The molecule has 8 heteroatoms. The number of nitrogens with zero attached hydrogens (tertiary/aromatic N) is 4. The maximum atomic E-state index is 12.8. The summed E-state index contributed by atoms with van der Waals surface area (Å²) in [6.07, 6.45) is 3.58. The fourth-order valence-corrected chi connectivity index (χ4v) is 5.11. The zero-order valence-corrected chi connectivity index (χ0v) is 18.7. The van der Waals surface area contributed by atoms with E-state index >= 15 is 0 Å². The van der Waals surface area contributed by atoms with Gasteiger partial charge in [-0.2, -0.15) is 0 Å². The number of fused-ring (bicyclic) bond motifs is 1. The molecule has 0 bridgehead atoms. The summed E-state index contributed by atoms with van der Waals surface area (Å²) in [5.74, 6) is 0.708. The van der Waals surface area contributed by atoms with Gasteiger partial charge in [0.2, 0.25) is 5.91 Å². The van der Waals surface area contributed by atoms with Crippen molar-refractivity contribution in [3.8, 4) is 10.6 Å². The Kier molecular flexibility index (Phi) is 5.45. The van der Waals surface area contributed by atoms with E-state index < -0.39 is 0 Å². The van der Waals surface area contributed by atoms with Gasteiger partial charge in [-0.25, -0.2) is 4.98 Å². The molecule has 2 aromatic heterocycles. The molecular weight excluding hydrogens is 410 g/mol. The third-order valence-electron chi connectivity index (χ3n) is 6.21. The van der Waals surface area contributed by atoms with Crippen LogP contribution in [0.25, 0.3) is 21.3 Å². The first-order valence-electron chi connectivity index (χ1n) is 10.8. The van der Waals surface area contributed by atoms with Gasteiger partial charge >= 0.3 is 0 Å². The molecule has 0 unspecified atom stereocenters. The van der Waals surface area contributed by atoms with Crippen molar-refractivity contribution in [1.82, 2.24) is 20.1 Å². The summed E-state index contributed by atoms with van der Waals surface area (Å²) in [5.41, 5.74) is 1.32. The summed E-state index contributed by atoms with van der Waals surface area (Å²) in [6.45, 7) is 8.91. The molecule has 2 fully saturated rings. The van der Waals surface area contributed by atoms with E-state index in [1.807, 2.05) is 31.3 Å². The fourth-order valence-electron chi connectivity index (χ4n) is 4.42. The number of nitrogens with one attached hydrogen (secondary N) is 1. The molecule has 1 amide bonds. The normalized spacial score (nSPS) is 19.3. The number of amides is 1. The first kappa shape index (κ1) is 20.5. The molecule has 7 nitrogen and oxygen atoms in total. The van der Waals surface area contributed by atoms with Crippen LogP contribution in [0.3, 0.4) is 0 Å². The molecule has 4 heterocycles. The van der Waals surface area contributed by atoms with E-state index in [2.05, 4.69) is 38.4 Å². The molecule has 0 atom stereocenters. The van der Waals surface area contributed by atoms with Gasteiger partial charge in [0.1, 0.15) is 15.8 Å². The number of hydrogen-bond donors (Lipinski definition) is 1. The van der Waals surface area contributed by atoms with Gasteiger partial charge in [-0.3, -0.25) is 4.79 Å². The molecule has 162 valence electrons. The van der Waals surface area contributed by atoms with Crippen LogP contribution in [0.5, 0.6) is 0 Å². The smallest absolute Gasteiger partial charge is 0.228 e. The maximum absolute atomic E-state index is 12.8. The third-order valence-corrected chi connectivity index (χ3v) is 7.10. The van der Waals surface area contributed by atoms with Crippen molar-refractivity contribution in [3.63, 3.8) is 0 Å². The van der Waals surface area contributed by atoms with Crippen LogP contribution in [0.2, 0.25) is 0 Å². The van der Waals surface area contributed by atoms with Crippen LogP contribution in [-0.2, 0) is 9.53 Å². The fraction of sp³-hybridized carbons (Fsp3) is 0.478. The van der Waals surface area contributed by atoms with Crippen molar-refractivity contribution in [2.24, 2.45) is 11.3 Å². The largest absolute Gasteiger partial charge is 0.380 e. The Hall–Kier alpha value is -2.42. The topological polar surface area (TPSA) is 80.2 Å². The molecule has 2 aliphatic heterocycles. The van der Waals surface area contributed by atoms with Crippen molar-refractivity contribution in [2.75, 3.05) is 38.2 Å². The lowest BCUT2D eigenvalue weighted by molar-refractivity contribution is -0.125. The van der Waals surface area contributed by atoms with Crippen molar-refractivity contribution in [2.45, 2.75) is 26.7 Å². The van der Waals surface area contributed by atoms with E-state index in [0.717, 1.165) is 72.0 Å². The van der Waals surface area contributed by atoms with Crippen LogP contribution in [-0.4, -0.2) is 58.8 Å². The summed E-state index contributed by atoms with van der Waals surface area (Å²) in [5, 5.41) is 15.3. The molecule has 5 rings (SSSR count). The molecule has 2 saturated heterocycles. The van der Waals surface area contributed by atoms with Crippen molar-refractivity contribution in [1.29, 1.82) is 0 Å². The van der Waals surface area contributed by atoms with Gasteiger partial charge in [0.15, 0.2) is 0 Å². The second-order valence-electron chi connectivity index (χ2n) is 9.10. The minimum absolute atomic E-state index is 0.0369. The van der Waals surface area contributed by atoms with Gasteiger partial charge in [0, 0.05) is 35.0 Å². The second kappa shape index (κ2) is 8.26. The molecule has 1 N–H and O–H groups in total. The molecule has 3 aromatic rings. The lowest BCUT2D eigenvalue weighted by atomic mass is 9.86. The lowest BCUT2D eigenvalue weighted by Gasteiger charge is -2.43. The zero-order valence-electron chi connectivity index (χ0n) is 17.9. The Morgan fingerprint density at radius 3 is 2.71 bits per heavy atom. The highest BCUT2D eigenvalue weighted by Gasteiger charge is 2.36. The third kappa shape index (κ3) is 4.46. The maximum Gasteiger partial charge on any atom is 0.228 e. The summed E-state index contributed by atoms with van der Waals surface area (Å²) in [4.78, 5) is 19.8.